The maximum absolute atomic E-state index is 4.57. The van der Waals surface area contributed by atoms with Gasteiger partial charge in [-0.15, -0.1) is 0 Å². The molecule has 3 rings (SSSR count). The first kappa shape index (κ1) is 44.5. The van der Waals surface area contributed by atoms with Gasteiger partial charge in [0.1, 0.15) is 0 Å². The second-order valence-electron chi connectivity index (χ2n) is 9.38. The smallest absolute Gasteiger partial charge is 0.813 e. The predicted octanol–water partition coefficient (Wildman–Crippen LogP) is 9.33. The van der Waals surface area contributed by atoms with Crippen molar-refractivity contribution in [2.75, 3.05) is 0 Å². The van der Waals surface area contributed by atoms with Crippen molar-refractivity contribution in [3.05, 3.63) is 88.8 Å². The van der Waals surface area contributed by atoms with Crippen LogP contribution in [0.3, 0.4) is 0 Å². The third-order valence-corrected chi connectivity index (χ3v) is 8.44. The van der Waals surface area contributed by atoms with Gasteiger partial charge in [-0.25, -0.2) is 0 Å². The molecular formula is C30H46ClRu3S+3. The minimum atomic E-state index is 0. The summed E-state index contributed by atoms with van der Waals surface area (Å²) in [5.74, 6) is 22.0. The molecule has 3 aliphatic rings. The molecule has 0 aromatic heterocycles. The molecule has 0 atom stereocenters. The SMILES string of the molecule is C[C]1[C](C)[C](C)[C](C)[C]1C.C[C]1[C](C)[C](C)[C](C)[C]1C.C[C]1[C](C)[C](C)[C](C)[C]1C.[Cl][Ru+].[Ru+2].[Ru+].[SH-]. The van der Waals surface area contributed by atoms with E-state index in [1.807, 2.05) is 17.3 Å². The fraction of sp³-hybridized carbons (Fsp3) is 0.500. The Morgan fingerprint density at radius 1 is 0.286 bits per heavy atom. The molecule has 3 fully saturated rings. The summed E-state index contributed by atoms with van der Waals surface area (Å²) in [6.45, 7) is 33.0. The van der Waals surface area contributed by atoms with Crippen LogP contribution >= 0.6 is 9.69 Å². The van der Waals surface area contributed by atoms with Crippen molar-refractivity contribution in [3.63, 3.8) is 0 Å². The van der Waals surface area contributed by atoms with Crippen LogP contribution in [-0.2, 0) is 69.8 Å². The van der Waals surface area contributed by atoms with Gasteiger partial charge in [0.15, 0.2) is 0 Å². The van der Waals surface area contributed by atoms with E-state index in [0.717, 1.165) is 0 Å². The molecule has 3 aliphatic carbocycles. The molecule has 3 saturated carbocycles. The fourth-order valence-electron chi connectivity index (χ4n) is 4.22. The van der Waals surface area contributed by atoms with Crippen molar-refractivity contribution in [3.8, 4) is 0 Å². The second kappa shape index (κ2) is 20.4. The van der Waals surface area contributed by atoms with Crippen LogP contribution in [0.2, 0.25) is 0 Å². The van der Waals surface area contributed by atoms with Crippen molar-refractivity contribution in [2.45, 2.75) is 104 Å². The quantitative estimate of drug-likeness (QED) is 0.134. The van der Waals surface area contributed by atoms with E-state index in [-0.39, 0.29) is 52.5 Å². The summed E-state index contributed by atoms with van der Waals surface area (Å²) in [5, 5.41) is 0. The Morgan fingerprint density at radius 3 is 0.343 bits per heavy atom. The molecule has 5 heteroatoms. The van der Waals surface area contributed by atoms with Crippen molar-refractivity contribution in [1.82, 2.24) is 0 Å². The number of hydrogen-bond donors (Lipinski definition) is 0. The maximum Gasteiger partial charge on any atom is 2.00 e. The van der Waals surface area contributed by atoms with E-state index in [2.05, 4.69) is 114 Å². The Kier molecular flexibility index (Phi) is 25.9. The molecule has 0 N–H and O–H groups in total. The van der Waals surface area contributed by atoms with E-state index in [0.29, 0.717) is 0 Å². The van der Waals surface area contributed by atoms with Crippen LogP contribution in [0.15, 0.2) is 0 Å². The van der Waals surface area contributed by atoms with Gasteiger partial charge < -0.3 is 13.5 Å². The van der Waals surface area contributed by atoms with Crippen LogP contribution in [0.4, 0.5) is 0 Å². The standard InChI is InChI=1S/3C10H15.ClH.3Ru.H2S/c3*1-6-7(2)9(4)10(5)8(6)3;;;;;/h3*1-5H3;1H;;;;1H2/q;;;;+1;2*+2;/p-2. The van der Waals surface area contributed by atoms with E-state index in [9.17, 15) is 0 Å². The van der Waals surface area contributed by atoms with Crippen LogP contribution in [-0.4, -0.2) is 0 Å². The molecule has 0 amide bonds. The zero-order valence-electron chi connectivity index (χ0n) is 24.4. The number of halogens is 1. The molecule has 0 spiro atoms. The van der Waals surface area contributed by atoms with Crippen molar-refractivity contribution in [2.24, 2.45) is 0 Å². The Bertz CT molecular complexity index is 316. The van der Waals surface area contributed by atoms with Gasteiger partial charge in [-0.05, 0) is 88.8 Å². The minimum absolute atomic E-state index is 0. The van der Waals surface area contributed by atoms with Crippen molar-refractivity contribution < 1.29 is 56.3 Å². The fourth-order valence-corrected chi connectivity index (χ4v) is 4.22. The van der Waals surface area contributed by atoms with Crippen molar-refractivity contribution >= 4 is 23.2 Å². The van der Waals surface area contributed by atoms with Gasteiger partial charge >= 0.3 is 66.0 Å². The molecule has 35 heavy (non-hydrogen) atoms. The van der Waals surface area contributed by atoms with Crippen LogP contribution in [0, 0.1) is 88.8 Å². The molecule has 0 aromatic rings. The molecule has 0 heterocycles. The summed E-state index contributed by atoms with van der Waals surface area (Å²) in [7, 11) is 4.57. The summed E-state index contributed by atoms with van der Waals surface area (Å²) in [6.07, 6.45) is 0. The van der Waals surface area contributed by atoms with Gasteiger partial charge in [-0.3, -0.25) is 0 Å². The first-order chi connectivity index (χ1) is 14.7. The van der Waals surface area contributed by atoms with Crippen LogP contribution < -0.4 is 0 Å². The van der Waals surface area contributed by atoms with E-state index in [1.54, 1.807) is 0 Å². The van der Waals surface area contributed by atoms with E-state index in [1.165, 1.54) is 88.8 Å². The van der Waals surface area contributed by atoms with E-state index >= 15 is 0 Å². The minimum Gasteiger partial charge on any atom is -0.813 e. The average molecular weight is 777 g/mol. The van der Waals surface area contributed by atoms with Crippen LogP contribution in [0.25, 0.3) is 0 Å². The van der Waals surface area contributed by atoms with Crippen LogP contribution in [0.1, 0.15) is 104 Å². The van der Waals surface area contributed by atoms with Crippen molar-refractivity contribution in [1.29, 1.82) is 0 Å². The first-order valence-electron chi connectivity index (χ1n) is 11.4. The zero-order chi connectivity index (χ0) is 25.7. The Labute approximate surface area is 269 Å². The van der Waals surface area contributed by atoms with Gasteiger partial charge in [0.05, 0.1) is 0 Å². The first-order valence-corrected chi connectivity index (χ1v) is 13.6. The normalized spacial score (nSPS) is 24.6. The maximum atomic E-state index is 4.57. The predicted molar refractivity (Wildman–Crippen MR) is 148 cm³/mol. The molecule has 0 nitrogen and oxygen atoms in total. The topological polar surface area (TPSA) is 0 Å². The Balaban J connectivity index is -0.000000191. The van der Waals surface area contributed by atoms with E-state index in [4.69, 9.17) is 0 Å². The third-order valence-electron chi connectivity index (χ3n) is 8.44. The van der Waals surface area contributed by atoms with Crippen LogP contribution in [0.5, 0.6) is 0 Å². The second-order valence-corrected chi connectivity index (χ2v) is 9.38. The van der Waals surface area contributed by atoms with Gasteiger partial charge in [-0.2, -0.15) is 0 Å². The summed E-state index contributed by atoms with van der Waals surface area (Å²) in [4.78, 5) is 0. The Hall–Kier alpha value is 2.51. The molecule has 16 radical (unpaired) electrons. The largest absolute Gasteiger partial charge is 2.00 e. The summed E-state index contributed by atoms with van der Waals surface area (Å²) >= 11 is 1.82. The number of rotatable bonds is 0. The van der Waals surface area contributed by atoms with Gasteiger partial charge in [0.2, 0.25) is 0 Å². The third kappa shape index (κ3) is 11.1. The number of thiol groups is 1. The van der Waals surface area contributed by atoms with Gasteiger partial charge in [-0.1, -0.05) is 104 Å². The number of hydrogen-bond acceptors (Lipinski definition) is 1. The average Bonchev–Trinajstić information content (AvgIpc) is 3.16. The molecule has 0 aliphatic heterocycles. The van der Waals surface area contributed by atoms with E-state index < -0.39 is 0 Å². The molecule has 200 valence electrons. The van der Waals surface area contributed by atoms with Gasteiger partial charge in [0, 0.05) is 0 Å². The Morgan fingerprint density at radius 2 is 0.314 bits per heavy atom. The summed E-state index contributed by atoms with van der Waals surface area (Å²) < 4.78 is 0. The monoisotopic (exact) mass is 779 g/mol. The summed E-state index contributed by atoms with van der Waals surface area (Å²) in [6, 6.07) is 0. The molecule has 0 unspecified atom stereocenters. The van der Waals surface area contributed by atoms with Gasteiger partial charge in [0.25, 0.3) is 0 Å². The molecule has 0 aromatic carbocycles. The molecule has 0 saturated heterocycles. The molecular weight excluding hydrogens is 731 g/mol. The summed E-state index contributed by atoms with van der Waals surface area (Å²) in [5.41, 5.74) is 0. The zero-order valence-corrected chi connectivity index (χ0v) is 31.3. The molecule has 0 bridgehead atoms.